The molecule has 4 nitrogen and oxygen atoms in total. The summed E-state index contributed by atoms with van der Waals surface area (Å²) in [5.74, 6) is 3.35. The van der Waals surface area contributed by atoms with Gasteiger partial charge in [-0.1, -0.05) is 140 Å². The minimum absolute atomic E-state index is 0.0207. The number of allylic oxidation sites excluding steroid dienone is 19. The zero-order valence-electron chi connectivity index (χ0n) is 32.4. The van der Waals surface area contributed by atoms with Crippen molar-refractivity contribution in [3.63, 3.8) is 0 Å². The first kappa shape index (κ1) is 35.0. The number of hydrogen-bond acceptors (Lipinski definition) is 3. The van der Waals surface area contributed by atoms with Gasteiger partial charge in [-0.15, -0.1) is 0 Å². The van der Waals surface area contributed by atoms with Gasteiger partial charge < -0.3 is 16.0 Å². The number of hydrogen-bond donors (Lipinski definition) is 3. The molecule has 0 fully saturated rings. The Morgan fingerprint density at radius 1 is 0.679 bits per heavy atom. The first-order valence-corrected chi connectivity index (χ1v) is 21.3. The standard InChI is InChI=1S/C52H54N4/c1-5-14-36(15-6-1)40-22-13-23-44(30-40)45-31-41(37-16-7-2-8-17-37)24-27-48(45)54-51-34-53-35-52(55-51)56-49-28-25-42(38-18-9-3-10-19-38)32-46(49)47-33-43(26-29-50(47)56)39-20-11-4-12-21-39/h3-5,7,9-20,22-23,25,27-29,31,33,35,39-43,51,53-55H,1-2,6,8,21,24,26,30,32,34H2. The number of fused-ring (bicyclic) bond motifs is 3. The highest BCUT2D eigenvalue weighted by molar-refractivity contribution is 5.66. The van der Waals surface area contributed by atoms with Crippen molar-refractivity contribution < 1.29 is 0 Å². The second kappa shape index (κ2) is 15.6. The van der Waals surface area contributed by atoms with Crippen molar-refractivity contribution in [3.8, 4) is 0 Å². The highest BCUT2D eigenvalue weighted by Gasteiger charge is 2.30. The summed E-state index contributed by atoms with van der Waals surface area (Å²) >= 11 is 0. The monoisotopic (exact) mass is 734 g/mol. The molecule has 3 N–H and O–H groups in total. The third kappa shape index (κ3) is 6.95. The van der Waals surface area contributed by atoms with E-state index in [0.717, 1.165) is 70.2 Å². The lowest BCUT2D eigenvalue weighted by Crippen LogP contribution is -2.52. The van der Waals surface area contributed by atoms with Gasteiger partial charge in [0.2, 0.25) is 0 Å². The van der Waals surface area contributed by atoms with E-state index < -0.39 is 0 Å². The van der Waals surface area contributed by atoms with Crippen LogP contribution in [0, 0.1) is 23.7 Å². The van der Waals surface area contributed by atoms with Crippen molar-refractivity contribution in [3.05, 3.63) is 189 Å². The zero-order valence-corrected chi connectivity index (χ0v) is 32.4. The van der Waals surface area contributed by atoms with Gasteiger partial charge >= 0.3 is 0 Å². The molecule has 2 heterocycles. The van der Waals surface area contributed by atoms with Crippen molar-refractivity contribution in [2.45, 2.75) is 69.9 Å². The second-order valence-corrected chi connectivity index (χ2v) is 16.6. The van der Waals surface area contributed by atoms with Crippen LogP contribution >= 0.6 is 0 Å². The molecule has 0 spiro atoms. The Kier molecular flexibility index (Phi) is 9.73. The summed E-state index contributed by atoms with van der Waals surface area (Å²) in [4.78, 5) is 0. The van der Waals surface area contributed by atoms with Crippen molar-refractivity contribution in [1.29, 1.82) is 0 Å². The lowest BCUT2D eigenvalue weighted by atomic mass is 9.78. The second-order valence-electron chi connectivity index (χ2n) is 16.6. The molecule has 1 aromatic heterocycles. The van der Waals surface area contributed by atoms with Crippen LogP contribution in [-0.2, 0) is 6.42 Å². The molecule has 4 heteroatoms. The van der Waals surface area contributed by atoms with Crippen LogP contribution in [0.3, 0.4) is 0 Å². The van der Waals surface area contributed by atoms with Crippen LogP contribution < -0.4 is 26.5 Å². The van der Waals surface area contributed by atoms with Crippen LogP contribution in [0.5, 0.6) is 0 Å². The van der Waals surface area contributed by atoms with Crippen molar-refractivity contribution >= 4 is 24.0 Å². The molecule has 282 valence electrons. The normalized spacial score (nSPS) is 28.8. The first-order chi connectivity index (χ1) is 27.7. The summed E-state index contributed by atoms with van der Waals surface area (Å²) in [6, 6.07) is 11.0. The lowest BCUT2D eigenvalue weighted by Gasteiger charge is -2.34. The van der Waals surface area contributed by atoms with Crippen LogP contribution in [0.2, 0.25) is 0 Å². The van der Waals surface area contributed by atoms with Crippen LogP contribution in [0.4, 0.5) is 0 Å². The maximum atomic E-state index is 4.04. The quantitative estimate of drug-likeness (QED) is 0.253. The molecule has 0 amide bonds. The van der Waals surface area contributed by atoms with E-state index in [9.17, 15) is 0 Å². The first-order valence-electron chi connectivity index (χ1n) is 21.3. The minimum Gasteiger partial charge on any atom is -0.384 e. The predicted octanol–water partition coefficient (Wildman–Crippen LogP) is 9.30. The molecule has 6 unspecified atom stereocenters. The smallest absolute Gasteiger partial charge is 0.128 e. The van der Waals surface area contributed by atoms with Crippen LogP contribution in [0.15, 0.2) is 162 Å². The number of nitrogens with one attached hydrogen (secondary N) is 3. The summed E-state index contributed by atoms with van der Waals surface area (Å²) in [6.07, 6.45) is 57.5. The topological polar surface area (TPSA) is 41.0 Å². The van der Waals surface area contributed by atoms with Gasteiger partial charge in [-0.05, 0) is 114 Å². The number of nitrogens with zero attached hydrogens (tertiary/aromatic N) is 1. The van der Waals surface area contributed by atoms with Gasteiger partial charge in [0.05, 0.1) is 17.6 Å². The molecule has 0 saturated heterocycles. The highest BCUT2D eigenvalue weighted by Crippen LogP contribution is 2.39. The third-order valence-electron chi connectivity index (χ3n) is 13.1. The van der Waals surface area contributed by atoms with E-state index in [-0.39, 0.29) is 6.17 Å². The Morgan fingerprint density at radius 2 is 1.54 bits per heavy atom. The largest absolute Gasteiger partial charge is 0.384 e. The summed E-state index contributed by atoms with van der Waals surface area (Å²) in [7, 11) is 0. The van der Waals surface area contributed by atoms with Gasteiger partial charge in [0.25, 0.3) is 0 Å². The molecule has 1 aliphatic heterocycles. The van der Waals surface area contributed by atoms with Gasteiger partial charge in [-0.3, -0.25) is 4.57 Å². The minimum atomic E-state index is 0.0207. The lowest BCUT2D eigenvalue weighted by molar-refractivity contribution is 0.478. The fourth-order valence-electron chi connectivity index (χ4n) is 10.1. The maximum Gasteiger partial charge on any atom is 0.128 e. The Hall–Kier alpha value is -5.48. The Balaban J connectivity index is 0.953. The highest BCUT2D eigenvalue weighted by atomic mass is 15.3. The molecule has 0 bridgehead atoms. The fraction of sp³-hybridized carbons (Fsp3) is 0.308. The van der Waals surface area contributed by atoms with Crippen molar-refractivity contribution in [1.82, 2.24) is 20.5 Å². The van der Waals surface area contributed by atoms with E-state index >= 15 is 0 Å². The molecule has 1 aromatic carbocycles. The number of benzene rings is 1. The predicted molar refractivity (Wildman–Crippen MR) is 234 cm³/mol. The van der Waals surface area contributed by atoms with E-state index in [1.165, 1.54) is 55.4 Å². The SMILES string of the molecule is C1=CCC(C2C=c3c4c(n(C5=CNCC(NC6=CCC(C7=CCCC=C7)C=C6C6=CC=CC(C7=CCCC=C7)C6)N5)c3=CC2)C=CC(c2ccccc2)C4)C=C1. The summed E-state index contributed by atoms with van der Waals surface area (Å²) < 4.78 is 2.50. The third-order valence-corrected chi connectivity index (χ3v) is 13.1. The Labute approximate surface area is 332 Å². The van der Waals surface area contributed by atoms with E-state index in [0.29, 0.717) is 29.6 Å². The van der Waals surface area contributed by atoms with Gasteiger partial charge in [-0.25, -0.2) is 0 Å². The molecular formula is C52H54N4. The van der Waals surface area contributed by atoms with E-state index in [1.807, 2.05) is 0 Å². The fourth-order valence-corrected chi connectivity index (χ4v) is 10.1. The van der Waals surface area contributed by atoms with E-state index in [2.05, 4.69) is 172 Å². The van der Waals surface area contributed by atoms with E-state index in [4.69, 9.17) is 0 Å². The number of aromatic nitrogens is 1. The van der Waals surface area contributed by atoms with Gasteiger partial charge in [0.15, 0.2) is 0 Å². The van der Waals surface area contributed by atoms with Crippen LogP contribution in [-0.4, -0.2) is 17.3 Å². The van der Waals surface area contributed by atoms with Crippen LogP contribution in [0.25, 0.3) is 24.0 Å². The van der Waals surface area contributed by atoms with E-state index in [1.54, 1.807) is 0 Å². The van der Waals surface area contributed by atoms with Crippen molar-refractivity contribution in [2.75, 3.05) is 6.54 Å². The maximum absolute atomic E-state index is 4.04. The summed E-state index contributed by atoms with van der Waals surface area (Å²) in [5, 5.41) is 14.5. The zero-order chi connectivity index (χ0) is 37.3. The van der Waals surface area contributed by atoms with Crippen LogP contribution in [0.1, 0.15) is 74.1 Å². The Morgan fingerprint density at radius 3 is 2.34 bits per heavy atom. The molecular weight excluding hydrogens is 681 g/mol. The average Bonchev–Trinajstić information content (AvgIpc) is 3.61. The van der Waals surface area contributed by atoms with Crippen molar-refractivity contribution in [2.24, 2.45) is 23.7 Å². The molecule has 0 radical (unpaired) electrons. The van der Waals surface area contributed by atoms with Gasteiger partial charge in [0.1, 0.15) is 12.0 Å². The molecule has 56 heavy (non-hydrogen) atoms. The van der Waals surface area contributed by atoms with Gasteiger partial charge in [-0.2, -0.15) is 0 Å². The molecule has 2 aromatic rings. The molecule has 0 saturated carbocycles. The summed E-state index contributed by atoms with van der Waals surface area (Å²) in [6.45, 7) is 0.793. The average molecular weight is 735 g/mol. The summed E-state index contributed by atoms with van der Waals surface area (Å²) in [5.41, 5.74) is 11.1. The number of rotatable bonds is 8. The molecule has 10 rings (SSSR count). The molecule has 8 aliphatic rings. The van der Waals surface area contributed by atoms with Gasteiger partial charge in [0, 0.05) is 29.7 Å². The Bertz CT molecular complexity index is 2370. The molecule has 6 atom stereocenters. The molecule has 7 aliphatic carbocycles.